The summed E-state index contributed by atoms with van der Waals surface area (Å²) in [4.78, 5) is 0. The van der Waals surface area contributed by atoms with Crippen LogP contribution in [0.25, 0.3) is 0 Å². The van der Waals surface area contributed by atoms with Gasteiger partial charge in [-0.05, 0) is 25.9 Å². The Morgan fingerprint density at radius 1 is 0.400 bits per heavy atom. The van der Waals surface area contributed by atoms with Gasteiger partial charge in [0.2, 0.25) is 0 Å². The van der Waals surface area contributed by atoms with Gasteiger partial charge in [-0.3, -0.25) is 0 Å². The Bertz CT molecular complexity index is 144. The lowest BCUT2D eigenvalue weighted by Crippen LogP contribution is -2.33. The normalized spacial score (nSPS) is 11.1. The van der Waals surface area contributed by atoms with Crippen molar-refractivity contribution in [3.05, 3.63) is 0 Å². The smallest absolute Gasteiger partial charge is 0.00772 e. The molecule has 0 saturated carbocycles. The van der Waals surface area contributed by atoms with E-state index in [0.717, 1.165) is 32.7 Å². The van der Waals surface area contributed by atoms with Crippen LogP contribution in [-0.4, -0.2) is 39.3 Å². The number of hydrogen-bond donors (Lipinski definition) is 3. The third kappa shape index (κ3) is 17.9. The molecule has 0 aromatic heterocycles. The molecule has 0 spiro atoms. The molecule has 0 aliphatic rings. The average Bonchev–Trinajstić information content (AvgIpc) is 2.47. The highest BCUT2D eigenvalue weighted by Gasteiger charge is 1.92. The van der Waals surface area contributed by atoms with E-state index in [1.165, 1.54) is 64.3 Å². The Kier molecular flexibility index (Phi) is 18.8. The summed E-state index contributed by atoms with van der Waals surface area (Å²) < 4.78 is 0. The summed E-state index contributed by atoms with van der Waals surface area (Å²) >= 11 is 0. The minimum atomic E-state index is 1.08. The van der Waals surface area contributed by atoms with Crippen LogP contribution in [0.2, 0.25) is 0 Å². The molecule has 0 fully saturated rings. The Balaban J connectivity index is 2.89. The highest BCUT2D eigenvalue weighted by Crippen LogP contribution is 2.07. The third-order valence-corrected chi connectivity index (χ3v) is 3.59. The summed E-state index contributed by atoms with van der Waals surface area (Å²) in [6, 6.07) is 0. The van der Waals surface area contributed by atoms with E-state index in [2.05, 4.69) is 29.8 Å². The van der Waals surface area contributed by atoms with Gasteiger partial charge in [0.25, 0.3) is 0 Å². The van der Waals surface area contributed by atoms with Crippen molar-refractivity contribution < 1.29 is 0 Å². The predicted octanol–water partition coefficient (Wildman–Crippen LogP) is 3.31. The van der Waals surface area contributed by atoms with Crippen LogP contribution in [0.4, 0.5) is 0 Å². The van der Waals surface area contributed by atoms with E-state index in [0.29, 0.717) is 0 Å². The van der Waals surface area contributed by atoms with E-state index in [1.54, 1.807) is 0 Å². The standard InChI is InChI=1S/C17H39N3/c1-3-5-6-7-8-9-10-11-13-19-15-17-20-16-14-18-12-4-2/h18-20H,3-17H2,1-2H3. The van der Waals surface area contributed by atoms with Crippen LogP contribution in [0.15, 0.2) is 0 Å². The number of rotatable bonds is 17. The van der Waals surface area contributed by atoms with E-state index in [9.17, 15) is 0 Å². The molecular formula is C17H39N3. The van der Waals surface area contributed by atoms with Gasteiger partial charge in [0.1, 0.15) is 0 Å². The van der Waals surface area contributed by atoms with Crippen molar-refractivity contribution >= 4 is 0 Å². The highest BCUT2D eigenvalue weighted by molar-refractivity contribution is 4.55. The first-order chi connectivity index (χ1) is 9.91. The SMILES string of the molecule is CCCCCCCCCCNCCNCCNCCC. The maximum Gasteiger partial charge on any atom is 0.00772 e. The summed E-state index contributed by atoms with van der Waals surface area (Å²) in [5, 5.41) is 10.4. The molecule has 0 aliphatic heterocycles. The molecule has 0 heterocycles. The zero-order chi connectivity index (χ0) is 14.7. The van der Waals surface area contributed by atoms with Gasteiger partial charge in [-0.1, -0.05) is 58.8 Å². The molecule has 0 radical (unpaired) electrons. The fourth-order valence-electron chi connectivity index (χ4n) is 2.29. The van der Waals surface area contributed by atoms with Gasteiger partial charge in [0.05, 0.1) is 0 Å². The van der Waals surface area contributed by atoms with Gasteiger partial charge in [0.15, 0.2) is 0 Å². The fraction of sp³-hybridized carbons (Fsp3) is 1.00. The van der Waals surface area contributed by atoms with Gasteiger partial charge in [-0.2, -0.15) is 0 Å². The fourth-order valence-corrected chi connectivity index (χ4v) is 2.29. The summed E-state index contributed by atoms with van der Waals surface area (Å²) in [6.45, 7) is 11.2. The Hall–Kier alpha value is -0.120. The molecule has 0 atom stereocenters. The second-order valence-corrected chi connectivity index (χ2v) is 5.72. The predicted molar refractivity (Wildman–Crippen MR) is 91.5 cm³/mol. The van der Waals surface area contributed by atoms with Crippen molar-refractivity contribution in [1.82, 2.24) is 16.0 Å². The van der Waals surface area contributed by atoms with Gasteiger partial charge in [-0.15, -0.1) is 0 Å². The van der Waals surface area contributed by atoms with Gasteiger partial charge < -0.3 is 16.0 Å². The zero-order valence-corrected chi connectivity index (χ0v) is 14.1. The molecule has 0 unspecified atom stereocenters. The molecule has 0 aromatic carbocycles. The van der Waals surface area contributed by atoms with Crippen LogP contribution in [0.1, 0.15) is 71.6 Å². The van der Waals surface area contributed by atoms with Gasteiger partial charge >= 0.3 is 0 Å². The van der Waals surface area contributed by atoms with Gasteiger partial charge in [-0.25, -0.2) is 0 Å². The lowest BCUT2D eigenvalue weighted by Gasteiger charge is -2.07. The zero-order valence-electron chi connectivity index (χ0n) is 14.1. The molecule has 3 N–H and O–H groups in total. The Morgan fingerprint density at radius 3 is 1.40 bits per heavy atom. The third-order valence-electron chi connectivity index (χ3n) is 3.59. The largest absolute Gasteiger partial charge is 0.315 e. The minimum absolute atomic E-state index is 1.08. The Morgan fingerprint density at radius 2 is 0.850 bits per heavy atom. The summed E-state index contributed by atoms with van der Waals surface area (Å²) in [7, 11) is 0. The number of unbranched alkanes of at least 4 members (excludes halogenated alkanes) is 7. The van der Waals surface area contributed by atoms with Crippen LogP contribution in [0, 0.1) is 0 Å². The van der Waals surface area contributed by atoms with E-state index in [4.69, 9.17) is 0 Å². The highest BCUT2D eigenvalue weighted by atomic mass is 15.0. The lowest BCUT2D eigenvalue weighted by molar-refractivity contribution is 0.542. The molecule has 0 rings (SSSR count). The molecular weight excluding hydrogens is 246 g/mol. The quantitative estimate of drug-likeness (QED) is 0.359. The van der Waals surface area contributed by atoms with E-state index in [1.807, 2.05) is 0 Å². The van der Waals surface area contributed by atoms with Gasteiger partial charge in [0, 0.05) is 26.2 Å². The van der Waals surface area contributed by atoms with Crippen LogP contribution >= 0.6 is 0 Å². The summed E-state index contributed by atoms with van der Waals surface area (Å²) in [5.41, 5.74) is 0. The topological polar surface area (TPSA) is 36.1 Å². The Labute approximate surface area is 127 Å². The molecule has 122 valence electrons. The van der Waals surface area contributed by atoms with Crippen LogP contribution in [0.5, 0.6) is 0 Å². The molecule has 0 amide bonds. The van der Waals surface area contributed by atoms with E-state index >= 15 is 0 Å². The van der Waals surface area contributed by atoms with Crippen molar-refractivity contribution in [2.75, 3.05) is 39.3 Å². The molecule has 0 aliphatic carbocycles. The summed E-state index contributed by atoms with van der Waals surface area (Å²) in [6.07, 6.45) is 12.5. The lowest BCUT2D eigenvalue weighted by atomic mass is 10.1. The van der Waals surface area contributed by atoms with Crippen molar-refractivity contribution in [3.63, 3.8) is 0 Å². The maximum absolute atomic E-state index is 3.52. The molecule has 0 bridgehead atoms. The average molecular weight is 286 g/mol. The second kappa shape index (κ2) is 18.9. The maximum atomic E-state index is 3.52. The van der Waals surface area contributed by atoms with E-state index in [-0.39, 0.29) is 0 Å². The van der Waals surface area contributed by atoms with Crippen LogP contribution in [-0.2, 0) is 0 Å². The van der Waals surface area contributed by atoms with E-state index < -0.39 is 0 Å². The molecule has 3 nitrogen and oxygen atoms in total. The molecule has 0 aromatic rings. The first kappa shape index (κ1) is 19.9. The molecule has 0 saturated heterocycles. The van der Waals surface area contributed by atoms with Crippen molar-refractivity contribution in [3.8, 4) is 0 Å². The van der Waals surface area contributed by atoms with Crippen LogP contribution in [0.3, 0.4) is 0 Å². The first-order valence-corrected chi connectivity index (χ1v) is 9.04. The molecule has 3 heteroatoms. The van der Waals surface area contributed by atoms with Crippen molar-refractivity contribution in [2.45, 2.75) is 71.6 Å². The van der Waals surface area contributed by atoms with Crippen molar-refractivity contribution in [2.24, 2.45) is 0 Å². The second-order valence-electron chi connectivity index (χ2n) is 5.72. The number of nitrogens with one attached hydrogen (secondary N) is 3. The number of hydrogen-bond acceptors (Lipinski definition) is 3. The first-order valence-electron chi connectivity index (χ1n) is 9.04. The van der Waals surface area contributed by atoms with Crippen LogP contribution < -0.4 is 16.0 Å². The molecule has 20 heavy (non-hydrogen) atoms. The monoisotopic (exact) mass is 285 g/mol. The summed E-state index contributed by atoms with van der Waals surface area (Å²) in [5.74, 6) is 0. The minimum Gasteiger partial charge on any atom is -0.315 e. The van der Waals surface area contributed by atoms with Crippen molar-refractivity contribution in [1.29, 1.82) is 0 Å².